The number of aliphatic hydroxyl groups is 1. The Morgan fingerprint density at radius 2 is 2.05 bits per heavy atom. The summed E-state index contributed by atoms with van der Waals surface area (Å²) in [5, 5.41) is 14.0. The van der Waals surface area contributed by atoms with E-state index in [4.69, 9.17) is 0 Å². The van der Waals surface area contributed by atoms with Gasteiger partial charge in [0.2, 0.25) is 5.91 Å². The van der Waals surface area contributed by atoms with Crippen molar-refractivity contribution < 1.29 is 9.90 Å². The summed E-state index contributed by atoms with van der Waals surface area (Å²) >= 11 is 0. The molecule has 1 aromatic heterocycles. The number of aliphatic hydroxyl groups excluding tert-OH is 1. The Kier molecular flexibility index (Phi) is 4.78. The normalized spacial score (nSPS) is 20.7. The van der Waals surface area contributed by atoms with Gasteiger partial charge in [-0.1, -0.05) is 6.42 Å². The highest BCUT2D eigenvalue weighted by Gasteiger charge is 2.23. The Bertz CT molecular complexity index is 520. The fourth-order valence-corrected chi connectivity index (χ4v) is 3.30. The SMILES string of the molecule is C[C@H](O)c1cc2n(n1)CCN(C(=O)CCN1CCCCC1)C2. The van der Waals surface area contributed by atoms with Gasteiger partial charge in [-0.25, -0.2) is 0 Å². The van der Waals surface area contributed by atoms with Crippen LogP contribution in [0.4, 0.5) is 0 Å². The largest absolute Gasteiger partial charge is 0.387 e. The molecule has 6 nitrogen and oxygen atoms in total. The standard InChI is InChI=1S/C16H26N4O2/c1-13(21)15-11-14-12-19(9-10-20(14)17-15)16(22)5-8-18-6-3-2-4-7-18/h11,13,21H,2-10,12H2,1H3/t13-/m0/s1. The number of amides is 1. The zero-order chi connectivity index (χ0) is 15.5. The van der Waals surface area contributed by atoms with E-state index in [2.05, 4.69) is 10.00 Å². The minimum Gasteiger partial charge on any atom is -0.387 e. The topological polar surface area (TPSA) is 61.6 Å². The van der Waals surface area contributed by atoms with E-state index in [1.165, 1.54) is 19.3 Å². The molecule has 0 aliphatic carbocycles. The van der Waals surface area contributed by atoms with Crippen LogP contribution in [0.25, 0.3) is 0 Å². The number of hydrogen-bond acceptors (Lipinski definition) is 4. The van der Waals surface area contributed by atoms with Gasteiger partial charge in [-0.05, 0) is 38.9 Å². The monoisotopic (exact) mass is 306 g/mol. The molecule has 122 valence electrons. The van der Waals surface area contributed by atoms with Crippen molar-refractivity contribution in [2.45, 2.75) is 51.8 Å². The van der Waals surface area contributed by atoms with Crippen LogP contribution in [0.15, 0.2) is 6.07 Å². The number of rotatable bonds is 4. The minimum atomic E-state index is -0.554. The van der Waals surface area contributed by atoms with Crippen LogP contribution in [0.3, 0.4) is 0 Å². The summed E-state index contributed by atoms with van der Waals surface area (Å²) in [5.41, 5.74) is 1.71. The highest BCUT2D eigenvalue weighted by molar-refractivity contribution is 5.76. The third kappa shape index (κ3) is 3.50. The summed E-state index contributed by atoms with van der Waals surface area (Å²) in [6.07, 6.45) is 3.91. The first-order chi connectivity index (χ1) is 10.6. The maximum absolute atomic E-state index is 12.4. The molecule has 0 spiro atoms. The zero-order valence-electron chi connectivity index (χ0n) is 13.4. The Morgan fingerprint density at radius 3 is 2.77 bits per heavy atom. The van der Waals surface area contributed by atoms with Crippen LogP contribution >= 0.6 is 0 Å². The average Bonchev–Trinajstić information content (AvgIpc) is 2.97. The second-order valence-electron chi connectivity index (χ2n) is 6.43. The molecule has 2 aliphatic heterocycles. The van der Waals surface area contributed by atoms with E-state index in [1.807, 2.05) is 15.6 Å². The lowest BCUT2D eigenvalue weighted by Gasteiger charge is -2.30. The van der Waals surface area contributed by atoms with Crippen molar-refractivity contribution in [2.24, 2.45) is 0 Å². The summed E-state index contributed by atoms with van der Waals surface area (Å²) in [7, 11) is 0. The number of carbonyl (C=O) groups excluding carboxylic acids is 1. The lowest BCUT2D eigenvalue weighted by atomic mass is 10.1. The molecule has 3 heterocycles. The molecule has 0 radical (unpaired) electrons. The van der Waals surface area contributed by atoms with Gasteiger partial charge in [0.15, 0.2) is 0 Å². The van der Waals surface area contributed by atoms with Crippen molar-refractivity contribution in [3.63, 3.8) is 0 Å². The number of aromatic nitrogens is 2. The molecular weight excluding hydrogens is 280 g/mol. The van der Waals surface area contributed by atoms with Crippen molar-refractivity contribution in [1.82, 2.24) is 19.6 Å². The maximum atomic E-state index is 12.4. The Morgan fingerprint density at radius 1 is 1.27 bits per heavy atom. The van der Waals surface area contributed by atoms with E-state index in [1.54, 1.807) is 6.92 Å². The summed E-state index contributed by atoms with van der Waals surface area (Å²) in [5.74, 6) is 0.233. The van der Waals surface area contributed by atoms with Crippen LogP contribution in [-0.4, -0.2) is 56.8 Å². The predicted molar refractivity (Wildman–Crippen MR) is 83.2 cm³/mol. The molecule has 6 heteroatoms. The van der Waals surface area contributed by atoms with Crippen molar-refractivity contribution in [2.75, 3.05) is 26.2 Å². The van der Waals surface area contributed by atoms with Gasteiger partial charge >= 0.3 is 0 Å². The second-order valence-corrected chi connectivity index (χ2v) is 6.43. The molecule has 22 heavy (non-hydrogen) atoms. The minimum absolute atomic E-state index is 0.233. The number of hydrogen-bond donors (Lipinski definition) is 1. The smallest absolute Gasteiger partial charge is 0.224 e. The van der Waals surface area contributed by atoms with E-state index in [9.17, 15) is 9.90 Å². The summed E-state index contributed by atoms with van der Waals surface area (Å²) in [6, 6.07) is 1.91. The third-order valence-corrected chi connectivity index (χ3v) is 4.69. The molecule has 1 atom stereocenters. The Hall–Kier alpha value is -1.40. The highest BCUT2D eigenvalue weighted by atomic mass is 16.3. The van der Waals surface area contributed by atoms with Gasteiger partial charge in [0.25, 0.3) is 0 Å². The molecule has 1 N–H and O–H groups in total. The number of fused-ring (bicyclic) bond motifs is 1. The van der Waals surface area contributed by atoms with Crippen molar-refractivity contribution in [3.8, 4) is 0 Å². The van der Waals surface area contributed by atoms with Crippen LogP contribution in [0.2, 0.25) is 0 Å². The molecule has 0 aromatic carbocycles. The van der Waals surface area contributed by atoms with E-state index < -0.39 is 6.10 Å². The number of piperidine rings is 1. The fourth-order valence-electron chi connectivity index (χ4n) is 3.30. The van der Waals surface area contributed by atoms with Crippen LogP contribution in [0.1, 0.15) is 50.1 Å². The van der Waals surface area contributed by atoms with Gasteiger partial charge in [-0.3, -0.25) is 9.48 Å². The number of likely N-dealkylation sites (tertiary alicyclic amines) is 1. The van der Waals surface area contributed by atoms with E-state index in [0.717, 1.165) is 31.9 Å². The van der Waals surface area contributed by atoms with Gasteiger partial charge < -0.3 is 14.9 Å². The summed E-state index contributed by atoms with van der Waals surface area (Å²) < 4.78 is 1.91. The van der Waals surface area contributed by atoms with Crippen molar-refractivity contribution in [3.05, 3.63) is 17.5 Å². The third-order valence-electron chi connectivity index (χ3n) is 4.69. The van der Waals surface area contributed by atoms with Crippen molar-refractivity contribution in [1.29, 1.82) is 0 Å². The number of carbonyl (C=O) groups is 1. The summed E-state index contributed by atoms with van der Waals surface area (Å²) in [6.45, 7) is 6.92. The van der Waals surface area contributed by atoms with Crippen LogP contribution < -0.4 is 0 Å². The second kappa shape index (κ2) is 6.79. The average molecular weight is 306 g/mol. The van der Waals surface area contributed by atoms with E-state index in [0.29, 0.717) is 25.2 Å². The fraction of sp³-hybridized carbons (Fsp3) is 0.750. The molecule has 1 fully saturated rings. The first-order valence-corrected chi connectivity index (χ1v) is 8.38. The predicted octanol–water partition coefficient (Wildman–Crippen LogP) is 1.15. The maximum Gasteiger partial charge on any atom is 0.224 e. The van der Waals surface area contributed by atoms with Crippen LogP contribution in [0, 0.1) is 0 Å². The number of nitrogens with zero attached hydrogens (tertiary/aromatic N) is 4. The van der Waals surface area contributed by atoms with Crippen LogP contribution in [0.5, 0.6) is 0 Å². The molecule has 2 aliphatic rings. The molecule has 3 rings (SSSR count). The first kappa shape index (κ1) is 15.5. The molecular formula is C16H26N4O2. The first-order valence-electron chi connectivity index (χ1n) is 8.38. The Labute approximate surface area is 131 Å². The van der Waals surface area contributed by atoms with E-state index >= 15 is 0 Å². The molecule has 0 saturated carbocycles. The van der Waals surface area contributed by atoms with Gasteiger partial charge in [0.1, 0.15) is 0 Å². The van der Waals surface area contributed by atoms with Gasteiger partial charge in [0, 0.05) is 19.5 Å². The zero-order valence-corrected chi connectivity index (χ0v) is 13.4. The molecule has 0 unspecified atom stereocenters. The molecule has 1 amide bonds. The Balaban J connectivity index is 1.53. The van der Waals surface area contributed by atoms with Crippen molar-refractivity contribution >= 4 is 5.91 Å². The highest BCUT2D eigenvalue weighted by Crippen LogP contribution is 2.18. The summed E-state index contributed by atoms with van der Waals surface area (Å²) in [4.78, 5) is 16.7. The van der Waals surface area contributed by atoms with Gasteiger partial charge in [-0.15, -0.1) is 0 Å². The quantitative estimate of drug-likeness (QED) is 0.906. The van der Waals surface area contributed by atoms with E-state index in [-0.39, 0.29) is 5.91 Å². The molecule has 1 saturated heterocycles. The van der Waals surface area contributed by atoms with Gasteiger partial charge in [-0.2, -0.15) is 5.10 Å². The lowest BCUT2D eigenvalue weighted by molar-refractivity contribution is -0.133. The molecule has 1 aromatic rings. The lowest BCUT2D eigenvalue weighted by Crippen LogP contribution is -2.40. The van der Waals surface area contributed by atoms with Gasteiger partial charge in [0.05, 0.1) is 30.6 Å². The van der Waals surface area contributed by atoms with Crippen LogP contribution in [-0.2, 0) is 17.9 Å². The molecule has 0 bridgehead atoms.